The van der Waals surface area contributed by atoms with Gasteiger partial charge in [0.15, 0.2) is 5.01 Å². The zero-order valence-corrected chi connectivity index (χ0v) is 20.5. The van der Waals surface area contributed by atoms with E-state index < -0.39 is 12.1 Å². The summed E-state index contributed by atoms with van der Waals surface area (Å²) in [6.45, 7) is 4.30. The smallest absolute Gasteiger partial charge is 0.280 e. The Morgan fingerprint density at radius 2 is 2.21 bits per heavy atom. The number of aliphatic hydroxyl groups excluding tert-OH is 1. The van der Waals surface area contributed by atoms with Gasteiger partial charge in [-0.3, -0.25) is 14.9 Å². The number of hydrogen-bond donors (Lipinski definition) is 3. The third-order valence-corrected chi connectivity index (χ3v) is 7.27. The molecule has 5 rings (SSSR count). The van der Waals surface area contributed by atoms with Crippen molar-refractivity contribution in [1.29, 1.82) is 0 Å². The Hall–Kier alpha value is -2.82. The van der Waals surface area contributed by atoms with Gasteiger partial charge < -0.3 is 15.0 Å². The monoisotopic (exact) mass is 499 g/mol. The lowest BCUT2D eigenvalue weighted by molar-refractivity contribution is 0.0402. The van der Waals surface area contributed by atoms with Crippen molar-refractivity contribution >= 4 is 39.9 Å². The summed E-state index contributed by atoms with van der Waals surface area (Å²) in [4.78, 5) is 26.2. The molecule has 34 heavy (non-hydrogen) atoms. The molecule has 4 aromatic rings. The summed E-state index contributed by atoms with van der Waals surface area (Å²) in [5.41, 5.74) is 3.28. The molecule has 0 aromatic carbocycles. The van der Waals surface area contributed by atoms with Gasteiger partial charge >= 0.3 is 0 Å². The predicted molar refractivity (Wildman–Crippen MR) is 131 cm³/mol. The largest absolute Gasteiger partial charge is 0.389 e. The summed E-state index contributed by atoms with van der Waals surface area (Å²) >= 11 is 7.06. The van der Waals surface area contributed by atoms with Crippen LogP contribution in [0.25, 0.3) is 22.4 Å². The van der Waals surface area contributed by atoms with Crippen molar-refractivity contribution in [3.05, 3.63) is 45.9 Å². The summed E-state index contributed by atoms with van der Waals surface area (Å²) in [6, 6.07) is 3.24. The zero-order chi connectivity index (χ0) is 23.8. The van der Waals surface area contributed by atoms with E-state index in [9.17, 15) is 9.90 Å². The highest BCUT2D eigenvalue weighted by Crippen LogP contribution is 2.35. The van der Waals surface area contributed by atoms with E-state index in [1.807, 2.05) is 12.1 Å². The maximum atomic E-state index is 12.7. The third kappa shape index (κ3) is 4.45. The number of carbonyl (C=O) groups is 1. The molecular formula is C23H26ClN7O2S. The molecule has 11 heteroatoms. The van der Waals surface area contributed by atoms with E-state index in [0.29, 0.717) is 21.7 Å². The number of halogens is 1. The number of pyridine rings is 1. The third-order valence-electron chi connectivity index (χ3n) is 6.16. The first-order chi connectivity index (χ1) is 16.4. The Kier molecular flexibility index (Phi) is 6.37. The molecular weight excluding hydrogens is 474 g/mol. The Bertz CT molecular complexity index is 1300. The molecule has 178 valence electrons. The van der Waals surface area contributed by atoms with E-state index in [-0.39, 0.29) is 11.9 Å². The molecule has 3 N–H and O–H groups in total. The number of aliphatic hydroxyl groups is 1. The Morgan fingerprint density at radius 3 is 2.91 bits per heavy atom. The SMILES string of the molecule is CC(C)Cc1nc2cnc(-c3ccn[nH]3)cc2n1[C@@H]1CCC[C@H](NC(=O)c2ncc(Cl)s2)[C@H]1O. The van der Waals surface area contributed by atoms with Crippen molar-refractivity contribution in [2.45, 2.75) is 57.7 Å². The second kappa shape index (κ2) is 9.44. The molecule has 0 unspecified atom stereocenters. The normalized spacial score (nSPS) is 20.8. The number of aromatic nitrogens is 6. The van der Waals surface area contributed by atoms with Crippen molar-refractivity contribution in [2.75, 3.05) is 0 Å². The van der Waals surface area contributed by atoms with Crippen LogP contribution in [0, 0.1) is 5.92 Å². The minimum Gasteiger partial charge on any atom is -0.389 e. The molecule has 9 nitrogen and oxygen atoms in total. The number of nitrogens with zero attached hydrogens (tertiary/aromatic N) is 5. The van der Waals surface area contributed by atoms with Crippen LogP contribution in [0.15, 0.2) is 30.7 Å². The lowest BCUT2D eigenvalue weighted by atomic mass is 9.87. The maximum Gasteiger partial charge on any atom is 0.280 e. The first-order valence-corrected chi connectivity index (χ1v) is 12.6. The van der Waals surface area contributed by atoms with Crippen LogP contribution < -0.4 is 5.32 Å². The number of thiazole rings is 1. The highest BCUT2D eigenvalue weighted by Gasteiger charge is 2.36. The molecule has 0 aliphatic heterocycles. The van der Waals surface area contributed by atoms with E-state index in [0.717, 1.165) is 58.8 Å². The molecule has 4 aromatic heterocycles. The van der Waals surface area contributed by atoms with Crippen molar-refractivity contribution in [3.63, 3.8) is 0 Å². The van der Waals surface area contributed by atoms with Gasteiger partial charge in [0.2, 0.25) is 0 Å². The number of imidazole rings is 1. The van der Waals surface area contributed by atoms with Gasteiger partial charge in [0, 0.05) is 12.6 Å². The van der Waals surface area contributed by atoms with Crippen LogP contribution in [0.3, 0.4) is 0 Å². The number of hydrogen-bond acceptors (Lipinski definition) is 7. The fourth-order valence-electron chi connectivity index (χ4n) is 4.66. The van der Waals surface area contributed by atoms with Crippen LogP contribution in [0.4, 0.5) is 0 Å². The van der Waals surface area contributed by atoms with Gasteiger partial charge in [0.1, 0.15) is 15.7 Å². The molecule has 1 aliphatic carbocycles. The highest BCUT2D eigenvalue weighted by molar-refractivity contribution is 7.17. The second-order valence-corrected chi connectivity index (χ2v) is 10.7. The number of carbonyl (C=O) groups excluding carboxylic acids is 1. The molecule has 1 saturated carbocycles. The molecule has 1 amide bonds. The molecule has 0 spiro atoms. The lowest BCUT2D eigenvalue weighted by Crippen LogP contribution is -2.49. The van der Waals surface area contributed by atoms with Gasteiger partial charge in [-0.25, -0.2) is 9.97 Å². The van der Waals surface area contributed by atoms with Gasteiger partial charge in [-0.05, 0) is 37.3 Å². The molecule has 0 radical (unpaired) electrons. The van der Waals surface area contributed by atoms with Crippen molar-refractivity contribution < 1.29 is 9.90 Å². The van der Waals surface area contributed by atoms with Crippen LogP contribution in [0.2, 0.25) is 4.34 Å². The maximum absolute atomic E-state index is 12.7. The van der Waals surface area contributed by atoms with Gasteiger partial charge in [-0.1, -0.05) is 36.8 Å². The Labute approximate surface area is 205 Å². The molecule has 0 bridgehead atoms. The van der Waals surface area contributed by atoms with E-state index in [4.69, 9.17) is 16.6 Å². The fourth-order valence-corrected chi connectivity index (χ4v) is 5.47. The van der Waals surface area contributed by atoms with Crippen molar-refractivity contribution in [2.24, 2.45) is 5.92 Å². The zero-order valence-electron chi connectivity index (χ0n) is 18.9. The van der Waals surface area contributed by atoms with E-state index in [2.05, 4.69) is 43.9 Å². The quantitative estimate of drug-likeness (QED) is 0.368. The van der Waals surface area contributed by atoms with Crippen LogP contribution >= 0.6 is 22.9 Å². The predicted octanol–water partition coefficient (Wildman–Crippen LogP) is 4.01. The topological polar surface area (TPSA) is 122 Å². The summed E-state index contributed by atoms with van der Waals surface area (Å²) in [6.07, 6.45) is 7.26. The van der Waals surface area contributed by atoms with Crippen LogP contribution in [0.5, 0.6) is 0 Å². The van der Waals surface area contributed by atoms with Crippen molar-refractivity contribution in [1.82, 2.24) is 35.0 Å². The van der Waals surface area contributed by atoms with Gasteiger partial charge in [0.05, 0.1) is 47.5 Å². The van der Waals surface area contributed by atoms with E-state index in [1.165, 1.54) is 6.20 Å². The average Bonchev–Trinajstić information content (AvgIpc) is 3.54. The first kappa shape index (κ1) is 22.9. The molecule has 1 aliphatic rings. The first-order valence-electron chi connectivity index (χ1n) is 11.4. The summed E-state index contributed by atoms with van der Waals surface area (Å²) < 4.78 is 2.61. The summed E-state index contributed by atoms with van der Waals surface area (Å²) in [5.74, 6) is 0.989. The molecule has 0 saturated heterocycles. The number of fused-ring (bicyclic) bond motifs is 1. The number of aromatic amines is 1. The fraction of sp³-hybridized carbons (Fsp3) is 0.435. The van der Waals surface area contributed by atoms with Crippen molar-refractivity contribution in [3.8, 4) is 11.4 Å². The molecule has 3 atom stereocenters. The van der Waals surface area contributed by atoms with Gasteiger partial charge in [-0.15, -0.1) is 0 Å². The minimum absolute atomic E-state index is 0.227. The van der Waals surface area contributed by atoms with Crippen LogP contribution in [-0.2, 0) is 6.42 Å². The number of amides is 1. The number of nitrogens with one attached hydrogen (secondary N) is 2. The number of rotatable bonds is 6. The number of H-pyrrole nitrogens is 1. The van der Waals surface area contributed by atoms with Gasteiger partial charge in [-0.2, -0.15) is 5.10 Å². The van der Waals surface area contributed by atoms with Gasteiger partial charge in [0.25, 0.3) is 5.91 Å². The lowest BCUT2D eigenvalue weighted by Gasteiger charge is -2.37. The Balaban J connectivity index is 1.50. The summed E-state index contributed by atoms with van der Waals surface area (Å²) in [7, 11) is 0. The van der Waals surface area contributed by atoms with E-state index >= 15 is 0 Å². The second-order valence-electron chi connectivity index (χ2n) is 9.06. The molecule has 1 fully saturated rings. The molecule has 4 heterocycles. The van der Waals surface area contributed by atoms with Crippen LogP contribution in [0.1, 0.15) is 54.8 Å². The average molecular weight is 500 g/mol. The highest BCUT2D eigenvalue weighted by atomic mass is 35.5. The Morgan fingerprint density at radius 1 is 1.35 bits per heavy atom. The standard InChI is InChI=1S/C23H26ClN7O2S/c1-12(2)8-20-28-16-10-25-15(13-6-7-27-30-13)9-18(16)31(20)17-5-3-4-14(21(17)32)29-22(33)23-26-11-19(24)34-23/h6-7,9-12,14,17,21,32H,3-5,8H2,1-2H3,(H,27,30)(H,29,33)/t14-,17+,21+/m0/s1. The minimum atomic E-state index is -0.778. The van der Waals surface area contributed by atoms with E-state index in [1.54, 1.807) is 12.4 Å². The van der Waals surface area contributed by atoms with Crippen LogP contribution in [-0.4, -0.2) is 52.9 Å². The summed E-state index contributed by atoms with van der Waals surface area (Å²) in [5, 5.41) is 21.7.